The molecule has 1 N–H and O–H groups in total. The lowest BCUT2D eigenvalue weighted by Gasteiger charge is -2.08. The number of carbonyl (C=O) groups is 1. The molecule has 4 nitrogen and oxygen atoms in total. The van der Waals surface area contributed by atoms with E-state index in [4.69, 9.17) is 5.11 Å². The molecule has 0 aliphatic heterocycles. The Balaban J connectivity index is 2.54. The fourth-order valence-electron chi connectivity index (χ4n) is 1.18. The number of nitrogens with zero attached hydrogens (tertiary/aromatic N) is 2. The molecule has 1 amide bonds. The highest BCUT2D eigenvalue weighted by Crippen LogP contribution is 2.18. The molecule has 0 fully saturated rings. The highest BCUT2D eigenvalue weighted by atomic mass is 32.1. The maximum Gasteiger partial charge on any atom is 0.222 e. The molecule has 0 bridgehead atoms. The minimum Gasteiger partial charge on any atom is -0.390 e. The molecular weight excluding hydrogens is 212 g/mol. The second kappa shape index (κ2) is 5.23. The van der Waals surface area contributed by atoms with Crippen LogP contribution in [0.4, 0.5) is 0 Å². The van der Waals surface area contributed by atoms with Crippen LogP contribution in [0.2, 0.25) is 0 Å². The zero-order valence-electron chi connectivity index (χ0n) is 9.28. The van der Waals surface area contributed by atoms with E-state index >= 15 is 0 Å². The molecule has 0 saturated heterocycles. The number of hydrogen-bond donors (Lipinski definition) is 1. The Morgan fingerprint density at radius 3 is 2.67 bits per heavy atom. The molecule has 0 saturated carbocycles. The molecule has 1 heterocycles. The minimum absolute atomic E-state index is 0.0238. The summed E-state index contributed by atoms with van der Waals surface area (Å²) in [5.41, 5.74) is 0.729. The molecule has 0 radical (unpaired) electrons. The van der Waals surface area contributed by atoms with Gasteiger partial charge in [0.1, 0.15) is 0 Å². The van der Waals surface area contributed by atoms with Crippen molar-refractivity contribution in [2.45, 2.75) is 26.4 Å². The summed E-state index contributed by atoms with van der Waals surface area (Å²) in [5, 5.41) is 9.89. The van der Waals surface area contributed by atoms with Gasteiger partial charge in [-0.25, -0.2) is 4.98 Å². The van der Waals surface area contributed by atoms with E-state index in [0.717, 1.165) is 15.6 Å². The van der Waals surface area contributed by atoms with Crippen LogP contribution in [0.3, 0.4) is 0 Å². The minimum atomic E-state index is -0.0238. The fourth-order valence-corrected chi connectivity index (χ4v) is 2.12. The van der Waals surface area contributed by atoms with Crippen molar-refractivity contribution in [1.82, 2.24) is 9.88 Å². The SMILES string of the molecule is Cc1sc(CCC(=O)N(C)C)nc1CO. The van der Waals surface area contributed by atoms with Crippen molar-refractivity contribution in [3.63, 3.8) is 0 Å². The highest BCUT2D eigenvalue weighted by molar-refractivity contribution is 7.11. The van der Waals surface area contributed by atoms with Crippen LogP contribution in [-0.2, 0) is 17.8 Å². The third kappa shape index (κ3) is 3.28. The number of thiazole rings is 1. The molecule has 5 heteroatoms. The van der Waals surface area contributed by atoms with E-state index in [1.165, 1.54) is 0 Å². The summed E-state index contributed by atoms with van der Waals surface area (Å²) in [7, 11) is 3.49. The lowest BCUT2D eigenvalue weighted by molar-refractivity contribution is -0.128. The molecule has 15 heavy (non-hydrogen) atoms. The zero-order valence-corrected chi connectivity index (χ0v) is 10.1. The predicted octanol–water partition coefficient (Wildman–Crippen LogP) is 0.965. The Labute approximate surface area is 93.6 Å². The normalized spacial score (nSPS) is 10.4. The predicted molar refractivity (Wildman–Crippen MR) is 59.8 cm³/mol. The number of hydrogen-bond acceptors (Lipinski definition) is 4. The van der Waals surface area contributed by atoms with E-state index in [1.807, 2.05) is 6.92 Å². The van der Waals surface area contributed by atoms with Crippen LogP contribution < -0.4 is 0 Å². The second-order valence-electron chi connectivity index (χ2n) is 3.56. The van der Waals surface area contributed by atoms with Crippen LogP contribution in [0, 0.1) is 6.92 Å². The third-order valence-corrected chi connectivity index (χ3v) is 3.21. The summed E-state index contributed by atoms with van der Waals surface area (Å²) >= 11 is 1.55. The van der Waals surface area contributed by atoms with Crippen LogP contribution in [-0.4, -0.2) is 35.0 Å². The van der Waals surface area contributed by atoms with Crippen LogP contribution in [0.1, 0.15) is 22.0 Å². The van der Waals surface area contributed by atoms with Gasteiger partial charge in [-0.1, -0.05) is 0 Å². The lowest BCUT2D eigenvalue weighted by Crippen LogP contribution is -2.21. The quantitative estimate of drug-likeness (QED) is 0.835. The molecule has 84 valence electrons. The van der Waals surface area contributed by atoms with Gasteiger partial charge in [-0.2, -0.15) is 0 Å². The summed E-state index contributed by atoms with van der Waals surface area (Å²) in [6.07, 6.45) is 1.13. The van der Waals surface area contributed by atoms with E-state index in [0.29, 0.717) is 12.8 Å². The summed E-state index contributed by atoms with van der Waals surface area (Å²) in [6, 6.07) is 0. The van der Waals surface area contributed by atoms with Gasteiger partial charge in [0.25, 0.3) is 0 Å². The van der Waals surface area contributed by atoms with Gasteiger partial charge in [0.05, 0.1) is 17.3 Å². The number of aromatic nitrogens is 1. The van der Waals surface area contributed by atoms with Gasteiger partial charge in [-0.15, -0.1) is 11.3 Å². The Morgan fingerprint density at radius 1 is 1.53 bits per heavy atom. The monoisotopic (exact) mass is 228 g/mol. The van der Waals surface area contributed by atoms with Crippen molar-refractivity contribution in [2.24, 2.45) is 0 Å². The maximum atomic E-state index is 11.3. The summed E-state index contributed by atoms with van der Waals surface area (Å²) in [4.78, 5) is 18.2. The van der Waals surface area contributed by atoms with Gasteiger partial charge in [0.2, 0.25) is 5.91 Å². The largest absolute Gasteiger partial charge is 0.390 e. The third-order valence-electron chi connectivity index (χ3n) is 2.14. The van der Waals surface area contributed by atoms with Gasteiger partial charge >= 0.3 is 0 Å². The summed E-state index contributed by atoms with van der Waals surface area (Å²) in [6.45, 7) is 1.91. The van der Waals surface area contributed by atoms with Gasteiger partial charge in [-0.05, 0) is 6.92 Å². The van der Waals surface area contributed by atoms with Crippen LogP contribution in [0.15, 0.2) is 0 Å². The molecule has 0 aliphatic rings. The maximum absolute atomic E-state index is 11.3. The molecular formula is C10H16N2O2S. The first kappa shape index (κ1) is 12.1. The van der Waals surface area contributed by atoms with Crippen molar-refractivity contribution in [3.8, 4) is 0 Å². The van der Waals surface area contributed by atoms with E-state index in [2.05, 4.69) is 4.98 Å². The smallest absolute Gasteiger partial charge is 0.222 e. The Kier molecular flexibility index (Phi) is 4.23. The average molecular weight is 228 g/mol. The van der Waals surface area contributed by atoms with E-state index in [-0.39, 0.29) is 12.5 Å². The Bertz CT molecular complexity index is 347. The highest BCUT2D eigenvalue weighted by Gasteiger charge is 2.09. The molecule has 0 aliphatic carbocycles. The van der Waals surface area contributed by atoms with E-state index in [1.54, 1.807) is 30.3 Å². The number of rotatable bonds is 4. The molecule has 1 rings (SSSR count). The number of amides is 1. The number of aliphatic hydroxyl groups is 1. The Morgan fingerprint density at radius 2 is 2.20 bits per heavy atom. The van der Waals surface area contributed by atoms with Crippen molar-refractivity contribution in [1.29, 1.82) is 0 Å². The van der Waals surface area contributed by atoms with Crippen LogP contribution in [0.25, 0.3) is 0 Å². The zero-order chi connectivity index (χ0) is 11.4. The van der Waals surface area contributed by atoms with Crippen LogP contribution >= 0.6 is 11.3 Å². The molecule has 1 aromatic rings. The van der Waals surface area contributed by atoms with Crippen LogP contribution in [0.5, 0.6) is 0 Å². The first-order valence-electron chi connectivity index (χ1n) is 4.80. The first-order valence-corrected chi connectivity index (χ1v) is 5.62. The van der Waals surface area contributed by atoms with Crippen molar-refractivity contribution >= 4 is 17.2 Å². The number of aryl methyl sites for hydroxylation is 2. The number of aliphatic hydroxyl groups excluding tert-OH is 1. The molecule has 1 aromatic heterocycles. The van der Waals surface area contributed by atoms with Gasteiger partial charge in [0, 0.05) is 31.8 Å². The topological polar surface area (TPSA) is 53.4 Å². The Hall–Kier alpha value is -0.940. The molecule has 0 aromatic carbocycles. The second-order valence-corrected chi connectivity index (χ2v) is 4.84. The van der Waals surface area contributed by atoms with Gasteiger partial charge in [-0.3, -0.25) is 4.79 Å². The average Bonchev–Trinajstić information content (AvgIpc) is 2.55. The van der Waals surface area contributed by atoms with E-state index < -0.39 is 0 Å². The van der Waals surface area contributed by atoms with Crippen molar-refractivity contribution in [3.05, 3.63) is 15.6 Å². The standard InChI is InChI=1S/C10H16N2O2S/c1-7-8(6-13)11-9(15-7)4-5-10(14)12(2)3/h13H,4-6H2,1-3H3. The lowest BCUT2D eigenvalue weighted by atomic mass is 10.3. The fraction of sp³-hybridized carbons (Fsp3) is 0.600. The van der Waals surface area contributed by atoms with Gasteiger partial charge in [0.15, 0.2) is 0 Å². The summed E-state index contributed by atoms with van der Waals surface area (Å²) < 4.78 is 0. The molecule has 0 unspecified atom stereocenters. The summed E-state index contributed by atoms with van der Waals surface area (Å²) in [5.74, 6) is 0.105. The first-order chi connectivity index (χ1) is 7.04. The van der Waals surface area contributed by atoms with Gasteiger partial charge < -0.3 is 10.0 Å². The van der Waals surface area contributed by atoms with Crippen molar-refractivity contribution < 1.29 is 9.90 Å². The molecule has 0 spiro atoms. The number of carbonyl (C=O) groups excluding carboxylic acids is 1. The molecule has 0 atom stereocenters. The van der Waals surface area contributed by atoms with E-state index in [9.17, 15) is 4.79 Å². The van der Waals surface area contributed by atoms with Crippen molar-refractivity contribution in [2.75, 3.05) is 14.1 Å².